The van der Waals surface area contributed by atoms with E-state index in [0.717, 1.165) is 11.3 Å². The van der Waals surface area contributed by atoms with Gasteiger partial charge >= 0.3 is 6.01 Å². The molecule has 3 rings (SSSR count). The number of aromatic nitrogens is 2. The van der Waals surface area contributed by atoms with Gasteiger partial charge in [0.05, 0.1) is 7.11 Å². The van der Waals surface area contributed by atoms with E-state index in [2.05, 4.69) is 10.2 Å². The summed E-state index contributed by atoms with van der Waals surface area (Å²) in [6.07, 6.45) is 0.302. The number of hydrogen-bond acceptors (Lipinski definition) is 6. The molecule has 0 radical (unpaired) electrons. The Balaban J connectivity index is 1.81. The van der Waals surface area contributed by atoms with Crippen LogP contribution in [0.15, 0.2) is 28.7 Å². The SMILES string of the molecule is COc1ccc(-c2nnc(N3CC(CO)CC3=O)o2)cc1. The average molecular weight is 289 g/mol. The predicted octanol–water partition coefficient (Wildman–Crippen LogP) is 1.09. The molecule has 0 bridgehead atoms. The third kappa shape index (κ3) is 2.59. The van der Waals surface area contributed by atoms with Gasteiger partial charge in [-0.05, 0) is 24.3 Å². The summed E-state index contributed by atoms with van der Waals surface area (Å²) < 4.78 is 10.6. The van der Waals surface area contributed by atoms with E-state index < -0.39 is 0 Å². The summed E-state index contributed by atoms with van der Waals surface area (Å²) in [5, 5.41) is 17.0. The topological polar surface area (TPSA) is 88.7 Å². The molecule has 1 aliphatic rings. The van der Waals surface area contributed by atoms with Crippen molar-refractivity contribution in [2.45, 2.75) is 6.42 Å². The lowest BCUT2D eigenvalue weighted by Gasteiger charge is -2.09. The van der Waals surface area contributed by atoms with E-state index in [4.69, 9.17) is 14.3 Å². The fourth-order valence-electron chi connectivity index (χ4n) is 2.26. The first-order valence-electron chi connectivity index (χ1n) is 6.60. The molecule has 0 saturated carbocycles. The molecule has 1 unspecified atom stereocenters. The van der Waals surface area contributed by atoms with E-state index >= 15 is 0 Å². The highest BCUT2D eigenvalue weighted by Gasteiger charge is 2.33. The Kier molecular flexibility index (Phi) is 3.57. The van der Waals surface area contributed by atoms with Crippen molar-refractivity contribution < 1.29 is 19.1 Å². The summed E-state index contributed by atoms with van der Waals surface area (Å²) in [5.74, 6) is 0.889. The number of rotatable bonds is 4. The van der Waals surface area contributed by atoms with Crippen molar-refractivity contribution in [2.75, 3.05) is 25.2 Å². The first-order valence-corrected chi connectivity index (χ1v) is 6.60. The lowest BCUT2D eigenvalue weighted by atomic mass is 10.1. The van der Waals surface area contributed by atoms with Crippen LogP contribution >= 0.6 is 0 Å². The van der Waals surface area contributed by atoms with Crippen LogP contribution in [0.4, 0.5) is 6.01 Å². The molecule has 7 nitrogen and oxygen atoms in total. The van der Waals surface area contributed by atoms with E-state index in [0.29, 0.717) is 18.9 Å². The van der Waals surface area contributed by atoms with Gasteiger partial charge in [-0.1, -0.05) is 5.10 Å². The molecular weight excluding hydrogens is 274 g/mol. The van der Waals surface area contributed by atoms with Crippen LogP contribution in [0.25, 0.3) is 11.5 Å². The Morgan fingerprint density at radius 3 is 2.76 bits per heavy atom. The monoisotopic (exact) mass is 289 g/mol. The number of methoxy groups -OCH3 is 1. The molecule has 1 atom stereocenters. The van der Waals surface area contributed by atoms with Gasteiger partial charge in [0.15, 0.2) is 0 Å². The second-order valence-corrected chi connectivity index (χ2v) is 4.88. The maximum atomic E-state index is 11.8. The van der Waals surface area contributed by atoms with Crippen LogP contribution in [0, 0.1) is 5.92 Å². The summed E-state index contributed by atoms with van der Waals surface area (Å²) in [4.78, 5) is 13.3. The summed E-state index contributed by atoms with van der Waals surface area (Å²) in [6.45, 7) is 0.376. The van der Waals surface area contributed by atoms with Crippen molar-refractivity contribution in [2.24, 2.45) is 5.92 Å². The Labute approximate surface area is 121 Å². The summed E-state index contributed by atoms with van der Waals surface area (Å²) in [6, 6.07) is 7.36. The minimum absolute atomic E-state index is 0.0261. The molecule has 0 aliphatic carbocycles. The van der Waals surface area contributed by atoms with Crippen molar-refractivity contribution >= 4 is 11.9 Å². The van der Waals surface area contributed by atoms with Gasteiger partial charge in [0.1, 0.15) is 5.75 Å². The molecule has 1 aliphatic heterocycles. The number of ether oxygens (including phenoxy) is 1. The van der Waals surface area contributed by atoms with Crippen LogP contribution in [-0.2, 0) is 4.79 Å². The zero-order chi connectivity index (χ0) is 14.8. The number of carbonyl (C=O) groups excluding carboxylic acids is 1. The second-order valence-electron chi connectivity index (χ2n) is 4.88. The standard InChI is InChI=1S/C14H15N3O4/c1-20-11-4-2-10(3-5-11)13-15-16-14(21-13)17-7-9(8-18)6-12(17)19/h2-5,9,18H,6-8H2,1H3. The van der Waals surface area contributed by atoms with Crippen LogP contribution in [0.1, 0.15) is 6.42 Å². The van der Waals surface area contributed by atoms with Crippen LogP contribution < -0.4 is 9.64 Å². The minimum atomic E-state index is -0.112. The highest BCUT2D eigenvalue weighted by Crippen LogP contribution is 2.27. The number of amides is 1. The number of anilines is 1. The fourth-order valence-corrected chi connectivity index (χ4v) is 2.26. The van der Waals surface area contributed by atoms with Gasteiger partial charge in [0.25, 0.3) is 0 Å². The summed E-state index contributed by atoms with van der Waals surface area (Å²) in [5.41, 5.74) is 0.750. The summed E-state index contributed by atoms with van der Waals surface area (Å²) in [7, 11) is 1.59. The van der Waals surface area contributed by atoms with Crippen LogP contribution in [0.2, 0.25) is 0 Å². The van der Waals surface area contributed by atoms with Gasteiger partial charge in [-0.15, -0.1) is 5.10 Å². The number of aliphatic hydroxyl groups excluding tert-OH is 1. The number of carbonyl (C=O) groups is 1. The Bertz CT molecular complexity index is 638. The molecule has 1 N–H and O–H groups in total. The van der Waals surface area contributed by atoms with E-state index in [1.54, 1.807) is 31.4 Å². The lowest BCUT2D eigenvalue weighted by molar-refractivity contribution is -0.117. The molecule has 1 fully saturated rings. The van der Waals surface area contributed by atoms with Gasteiger partial charge in [-0.25, -0.2) is 0 Å². The maximum absolute atomic E-state index is 11.8. The zero-order valence-electron chi connectivity index (χ0n) is 11.5. The lowest BCUT2D eigenvalue weighted by Crippen LogP contribution is -2.25. The normalized spacial score (nSPS) is 18.3. The first kappa shape index (κ1) is 13.6. The maximum Gasteiger partial charge on any atom is 0.325 e. The highest BCUT2D eigenvalue weighted by molar-refractivity contribution is 5.93. The molecule has 1 aromatic carbocycles. The summed E-state index contributed by atoms with van der Waals surface area (Å²) >= 11 is 0. The van der Waals surface area contributed by atoms with Crippen molar-refractivity contribution in [3.8, 4) is 17.2 Å². The van der Waals surface area contributed by atoms with Crippen molar-refractivity contribution in [3.63, 3.8) is 0 Å². The first-order chi connectivity index (χ1) is 10.2. The molecule has 1 aromatic heterocycles. The molecule has 1 amide bonds. The van der Waals surface area contributed by atoms with Crippen molar-refractivity contribution in [3.05, 3.63) is 24.3 Å². The number of benzene rings is 1. The minimum Gasteiger partial charge on any atom is -0.497 e. The molecular formula is C14H15N3O4. The van der Waals surface area contributed by atoms with Crippen LogP contribution in [-0.4, -0.2) is 41.5 Å². The van der Waals surface area contributed by atoms with Gasteiger partial charge in [0, 0.05) is 31.1 Å². The molecule has 110 valence electrons. The average Bonchev–Trinajstić information content (AvgIpc) is 3.13. The second kappa shape index (κ2) is 5.53. The zero-order valence-corrected chi connectivity index (χ0v) is 11.5. The molecule has 7 heteroatoms. The van der Waals surface area contributed by atoms with Gasteiger partial charge in [0.2, 0.25) is 11.8 Å². The third-order valence-electron chi connectivity index (χ3n) is 3.45. The van der Waals surface area contributed by atoms with E-state index in [1.807, 2.05) is 0 Å². The van der Waals surface area contributed by atoms with Crippen molar-refractivity contribution in [1.29, 1.82) is 0 Å². The number of hydrogen-bond donors (Lipinski definition) is 1. The van der Waals surface area contributed by atoms with E-state index in [1.165, 1.54) is 4.90 Å². The third-order valence-corrected chi connectivity index (χ3v) is 3.45. The Hall–Kier alpha value is -2.41. The molecule has 2 heterocycles. The largest absolute Gasteiger partial charge is 0.497 e. The quantitative estimate of drug-likeness (QED) is 0.906. The molecule has 21 heavy (non-hydrogen) atoms. The van der Waals surface area contributed by atoms with Gasteiger partial charge in [-0.3, -0.25) is 9.69 Å². The van der Waals surface area contributed by atoms with Gasteiger partial charge < -0.3 is 14.3 Å². The van der Waals surface area contributed by atoms with E-state index in [9.17, 15) is 4.79 Å². The smallest absolute Gasteiger partial charge is 0.325 e. The predicted molar refractivity (Wildman–Crippen MR) is 73.8 cm³/mol. The van der Waals surface area contributed by atoms with E-state index in [-0.39, 0.29) is 24.4 Å². The Morgan fingerprint density at radius 1 is 1.38 bits per heavy atom. The van der Waals surface area contributed by atoms with Gasteiger partial charge in [-0.2, -0.15) is 0 Å². The molecule has 0 spiro atoms. The molecule has 1 saturated heterocycles. The van der Waals surface area contributed by atoms with Crippen molar-refractivity contribution in [1.82, 2.24) is 10.2 Å². The van der Waals surface area contributed by atoms with Crippen LogP contribution in [0.3, 0.4) is 0 Å². The molecule has 2 aromatic rings. The van der Waals surface area contributed by atoms with Crippen LogP contribution in [0.5, 0.6) is 5.75 Å². The number of aliphatic hydroxyl groups is 1. The highest BCUT2D eigenvalue weighted by atomic mass is 16.5. The Morgan fingerprint density at radius 2 is 2.14 bits per heavy atom. The number of nitrogens with zero attached hydrogens (tertiary/aromatic N) is 3. The fraction of sp³-hybridized carbons (Fsp3) is 0.357.